The van der Waals surface area contributed by atoms with Gasteiger partial charge >= 0.3 is 0 Å². The first-order chi connectivity index (χ1) is 5.58. The Kier molecular flexibility index (Phi) is 5.71. The summed E-state index contributed by atoms with van der Waals surface area (Å²) in [5.41, 5.74) is 0. The highest BCUT2D eigenvalue weighted by atomic mass is 79.9. The molecule has 1 aliphatic rings. The van der Waals surface area contributed by atoms with E-state index in [1.54, 1.807) is 0 Å². The van der Waals surface area contributed by atoms with E-state index in [9.17, 15) is 0 Å². The van der Waals surface area contributed by atoms with Crippen LogP contribution in [0.5, 0.6) is 0 Å². The van der Waals surface area contributed by atoms with Gasteiger partial charge in [-0.2, -0.15) is 0 Å². The molecule has 0 aromatic heterocycles. The first-order valence-corrected chi connectivity index (χ1v) is 7.80. The van der Waals surface area contributed by atoms with Gasteiger partial charge in [-0.3, -0.25) is 0 Å². The van der Waals surface area contributed by atoms with Crippen LogP contribution in [0.1, 0.15) is 25.7 Å². The summed E-state index contributed by atoms with van der Waals surface area (Å²) >= 11 is 14.8. The molecule has 0 spiro atoms. The van der Waals surface area contributed by atoms with Crippen molar-refractivity contribution in [3.05, 3.63) is 0 Å². The van der Waals surface area contributed by atoms with Crippen molar-refractivity contribution in [3.8, 4) is 0 Å². The standard InChI is InChI=1S/C8H12Br4/c9-5-1-6(10)3-8(12)4-7(11)2-5/h5-8H,1-4H2. The normalized spacial score (nSPS) is 45.0. The van der Waals surface area contributed by atoms with E-state index in [0.29, 0.717) is 19.3 Å². The predicted octanol–water partition coefficient (Wildman–Crippen LogP) is 4.61. The lowest BCUT2D eigenvalue weighted by Gasteiger charge is -2.25. The summed E-state index contributed by atoms with van der Waals surface area (Å²) in [6.45, 7) is 0. The van der Waals surface area contributed by atoms with Crippen LogP contribution in [0, 0.1) is 0 Å². The van der Waals surface area contributed by atoms with Crippen molar-refractivity contribution >= 4 is 63.7 Å². The van der Waals surface area contributed by atoms with E-state index in [1.807, 2.05) is 0 Å². The van der Waals surface area contributed by atoms with Crippen LogP contribution < -0.4 is 0 Å². The van der Waals surface area contributed by atoms with Crippen LogP contribution in [0.15, 0.2) is 0 Å². The van der Waals surface area contributed by atoms with Gasteiger partial charge in [0.25, 0.3) is 0 Å². The van der Waals surface area contributed by atoms with Crippen LogP contribution in [0.2, 0.25) is 0 Å². The monoisotopic (exact) mass is 424 g/mol. The van der Waals surface area contributed by atoms with Crippen molar-refractivity contribution in [3.63, 3.8) is 0 Å². The van der Waals surface area contributed by atoms with Crippen LogP contribution in [-0.4, -0.2) is 19.3 Å². The molecule has 0 aliphatic heterocycles. The summed E-state index contributed by atoms with van der Waals surface area (Å²) in [6.07, 6.45) is 4.91. The van der Waals surface area contributed by atoms with Gasteiger partial charge in [-0.1, -0.05) is 63.7 Å². The number of hydrogen-bond donors (Lipinski definition) is 0. The third-order valence-electron chi connectivity index (χ3n) is 2.05. The van der Waals surface area contributed by atoms with E-state index >= 15 is 0 Å². The van der Waals surface area contributed by atoms with Crippen molar-refractivity contribution in [1.82, 2.24) is 0 Å². The van der Waals surface area contributed by atoms with Gasteiger partial charge in [0.2, 0.25) is 0 Å². The second-order valence-electron chi connectivity index (χ2n) is 3.33. The maximum absolute atomic E-state index is 3.70. The van der Waals surface area contributed by atoms with Gasteiger partial charge in [-0.25, -0.2) is 0 Å². The maximum atomic E-state index is 3.70. The highest BCUT2D eigenvalue weighted by Crippen LogP contribution is 2.32. The van der Waals surface area contributed by atoms with Gasteiger partial charge in [-0.15, -0.1) is 0 Å². The third kappa shape index (κ3) is 4.43. The molecule has 0 nitrogen and oxygen atoms in total. The van der Waals surface area contributed by atoms with Gasteiger partial charge in [0.05, 0.1) is 0 Å². The molecule has 0 saturated heterocycles. The number of halogens is 4. The summed E-state index contributed by atoms with van der Waals surface area (Å²) in [6, 6.07) is 0. The molecular weight excluding hydrogens is 416 g/mol. The minimum Gasteiger partial charge on any atom is -0.0890 e. The summed E-state index contributed by atoms with van der Waals surface area (Å²) in [4.78, 5) is 2.63. The first kappa shape index (κ1) is 12.0. The summed E-state index contributed by atoms with van der Waals surface area (Å²) in [7, 11) is 0. The molecule has 0 heterocycles. The number of hydrogen-bond acceptors (Lipinski definition) is 0. The molecule has 1 aliphatic carbocycles. The molecule has 72 valence electrons. The van der Waals surface area contributed by atoms with Crippen molar-refractivity contribution in [2.24, 2.45) is 0 Å². The second-order valence-corrected chi connectivity index (χ2v) is 8.51. The highest BCUT2D eigenvalue weighted by Gasteiger charge is 2.23. The number of alkyl halides is 4. The molecule has 12 heavy (non-hydrogen) atoms. The van der Waals surface area contributed by atoms with Crippen LogP contribution >= 0.6 is 63.7 Å². The molecule has 0 atom stereocenters. The maximum Gasteiger partial charge on any atom is 0.0167 e. The Morgan fingerprint density at radius 3 is 0.833 bits per heavy atom. The van der Waals surface area contributed by atoms with Crippen LogP contribution in [0.4, 0.5) is 0 Å². The average Bonchev–Trinajstić information content (AvgIpc) is 1.81. The van der Waals surface area contributed by atoms with E-state index < -0.39 is 0 Å². The molecule has 1 fully saturated rings. The first-order valence-electron chi connectivity index (χ1n) is 4.14. The zero-order valence-electron chi connectivity index (χ0n) is 6.65. The molecule has 0 N–H and O–H groups in total. The molecule has 0 aromatic carbocycles. The SMILES string of the molecule is BrC1CC(Br)CC(Br)CC(Br)C1. The van der Waals surface area contributed by atoms with Gasteiger partial charge in [0.1, 0.15) is 0 Å². The molecule has 0 aromatic rings. The lowest BCUT2D eigenvalue weighted by Crippen LogP contribution is -2.22. The summed E-state index contributed by atoms with van der Waals surface area (Å²) in [5.74, 6) is 0. The fourth-order valence-corrected chi connectivity index (χ4v) is 7.11. The van der Waals surface area contributed by atoms with Crippen LogP contribution in [0.25, 0.3) is 0 Å². The Morgan fingerprint density at radius 1 is 0.500 bits per heavy atom. The predicted molar refractivity (Wildman–Crippen MR) is 69.3 cm³/mol. The molecule has 4 heteroatoms. The molecule has 1 saturated carbocycles. The lowest BCUT2D eigenvalue weighted by atomic mass is 10.0. The fourth-order valence-electron chi connectivity index (χ4n) is 1.49. The number of rotatable bonds is 0. The van der Waals surface area contributed by atoms with E-state index in [4.69, 9.17) is 0 Å². The Labute approximate surface area is 108 Å². The fraction of sp³-hybridized carbons (Fsp3) is 1.00. The minimum atomic E-state index is 0.659. The average molecular weight is 428 g/mol. The Hall–Kier alpha value is 1.92. The van der Waals surface area contributed by atoms with Crippen LogP contribution in [0.3, 0.4) is 0 Å². The van der Waals surface area contributed by atoms with E-state index in [-0.39, 0.29) is 0 Å². The Balaban J connectivity index is 2.45. The quantitative estimate of drug-likeness (QED) is 0.495. The zero-order valence-corrected chi connectivity index (χ0v) is 13.0. The van der Waals surface area contributed by atoms with Crippen molar-refractivity contribution < 1.29 is 0 Å². The van der Waals surface area contributed by atoms with Crippen LogP contribution in [-0.2, 0) is 0 Å². The minimum absolute atomic E-state index is 0.659. The van der Waals surface area contributed by atoms with Crippen molar-refractivity contribution in [2.75, 3.05) is 0 Å². The molecule has 0 radical (unpaired) electrons. The molecule has 0 unspecified atom stereocenters. The smallest absolute Gasteiger partial charge is 0.0167 e. The largest absolute Gasteiger partial charge is 0.0890 e. The van der Waals surface area contributed by atoms with Crippen molar-refractivity contribution in [2.45, 2.75) is 45.0 Å². The van der Waals surface area contributed by atoms with Gasteiger partial charge < -0.3 is 0 Å². The molecule has 0 bridgehead atoms. The summed E-state index contributed by atoms with van der Waals surface area (Å²) < 4.78 is 0. The molecule has 0 amide bonds. The van der Waals surface area contributed by atoms with Gasteiger partial charge in [0.15, 0.2) is 0 Å². The second kappa shape index (κ2) is 5.72. The Bertz CT molecular complexity index is 99.0. The van der Waals surface area contributed by atoms with Gasteiger partial charge in [0, 0.05) is 19.3 Å². The topological polar surface area (TPSA) is 0 Å². The Morgan fingerprint density at radius 2 is 0.667 bits per heavy atom. The van der Waals surface area contributed by atoms with Crippen molar-refractivity contribution in [1.29, 1.82) is 0 Å². The van der Waals surface area contributed by atoms with E-state index in [2.05, 4.69) is 63.7 Å². The van der Waals surface area contributed by atoms with Gasteiger partial charge in [-0.05, 0) is 25.7 Å². The zero-order chi connectivity index (χ0) is 9.14. The van der Waals surface area contributed by atoms with E-state index in [0.717, 1.165) is 0 Å². The molecule has 1 rings (SSSR count). The summed E-state index contributed by atoms with van der Waals surface area (Å²) in [5, 5.41) is 0. The lowest BCUT2D eigenvalue weighted by molar-refractivity contribution is 0.558. The third-order valence-corrected chi connectivity index (χ3v) is 5.04. The highest BCUT2D eigenvalue weighted by molar-refractivity contribution is 9.10. The van der Waals surface area contributed by atoms with E-state index in [1.165, 1.54) is 25.7 Å². The molecular formula is C8H12Br4.